The quantitative estimate of drug-likeness (QED) is 0.780. The SMILES string of the molecule is C1=C(N2CCCCC2)NOc2ccccc21. The van der Waals surface area contributed by atoms with E-state index in [-0.39, 0.29) is 0 Å². The number of hydrogen-bond donors (Lipinski definition) is 1. The van der Waals surface area contributed by atoms with Crippen LogP contribution in [-0.4, -0.2) is 18.0 Å². The molecule has 1 aromatic rings. The van der Waals surface area contributed by atoms with Crippen molar-refractivity contribution in [1.82, 2.24) is 10.4 Å². The van der Waals surface area contributed by atoms with Gasteiger partial charge < -0.3 is 9.74 Å². The van der Waals surface area contributed by atoms with Gasteiger partial charge in [-0.1, -0.05) is 18.2 Å². The van der Waals surface area contributed by atoms with Crippen molar-refractivity contribution in [2.24, 2.45) is 0 Å². The summed E-state index contributed by atoms with van der Waals surface area (Å²) in [5.41, 5.74) is 4.19. The minimum atomic E-state index is 0.906. The second kappa shape index (κ2) is 4.08. The molecular weight excluding hydrogens is 200 g/mol. The molecule has 3 rings (SSSR count). The first kappa shape index (κ1) is 9.58. The monoisotopic (exact) mass is 216 g/mol. The zero-order valence-corrected chi connectivity index (χ0v) is 9.28. The molecule has 0 saturated carbocycles. The van der Waals surface area contributed by atoms with Crippen molar-refractivity contribution < 1.29 is 4.84 Å². The van der Waals surface area contributed by atoms with Gasteiger partial charge in [0.1, 0.15) is 5.82 Å². The highest BCUT2D eigenvalue weighted by molar-refractivity contribution is 5.60. The number of likely N-dealkylation sites (tertiary alicyclic amines) is 1. The third-order valence-electron chi connectivity index (χ3n) is 3.17. The van der Waals surface area contributed by atoms with Crippen LogP contribution in [0.4, 0.5) is 0 Å². The molecule has 3 heteroatoms. The zero-order valence-electron chi connectivity index (χ0n) is 9.28. The van der Waals surface area contributed by atoms with Gasteiger partial charge in [0.05, 0.1) is 0 Å². The molecule has 2 aliphatic rings. The number of piperidine rings is 1. The number of benzene rings is 1. The fourth-order valence-corrected chi connectivity index (χ4v) is 2.27. The van der Waals surface area contributed by atoms with Crippen LogP contribution in [0.5, 0.6) is 5.75 Å². The van der Waals surface area contributed by atoms with E-state index in [0.717, 1.165) is 30.2 Å². The molecule has 2 aliphatic heterocycles. The molecule has 2 heterocycles. The number of nitrogens with zero attached hydrogens (tertiary/aromatic N) is 1. The first-order chi connectivity index (χ1) is 7.93. The van der Waals surface area contributed by atoms with Crippen molar-refractivity contribution in [3.8, 4) is 5.75 Å². The Morgan fingerprint density at radius 3 is 2.75 bits per heavy atom. The largest absolute Gasteiger partial charge is 0.380 e. The fourth-order valence-electron chi connectivity index (χ4n) is 2.27. The molecular formula is C13H16N2O. The maximum absolute atomic E-state index is 5.53. The Morgan fingerprint density at radius 1 is 1.06 bits per heavy atom. The highest BCUT2D eigenvalue weighted by Gasteiger charge is 2.17. The van der Waals surface area contributed by atoms with Crippen molar-refractivity contribution in [2.45, 2.75) is 19.3 Å². The van der Waals surface area contributed by atoms with Gasteiger partial charge >= 0.3 is 0 Å². The Labute approximate surface area is 95.7 Å². The summed E-state index contributed by atoms with van der Waals surface area (Å²) < 4.78 is 0. The molecule has 1 fully saturated rings. The number of hydroxylamine groups is 1. The first-order valence-corrected chi connectivity index (χ1v) is 5.92. The van der Waals surface area contributed by atoms with Gasteiger partial charge in [0.25, 0.3) is 0 Å². The van der Waals surface area contributed by atoms with E-state index in [2.05, 4.69) is 22.5 Å². The Morgan fingerprint density at radius 2 is 1.88 bits per heavy atom. The number of fused-ring (bicyclic) bond motifs is 1. The van der Waals surface area contributed by atoms with Gasteiger partial charge in [-0.2, -0.15) is 0 Å². The molecule has 0 radical (unpaired) electrons. The lowest BCUT2D eigenvalue weighted by Crippen LogP contribution is -2.38. The van der Waals surface area contributed by atoms with E-state index in [1.54, 1.807) is 0 Å². The summed E-state index contributed by atoms with van der Waals surface area (Å²) in [6.45, 7) is 2.26. The van der Waals surface area contributed by atoms with E-state index in [1.165, 1.54) is 19.3 Å². The normalized spacial score (nSPS) is 19.2. The van der Waals surface area contributed by atoms with E-state index in [1.807, 2.05) is 18.2 Å². The molecule has 0 atom stereocenters. The maximum Gasteiger partial charge on any atom is 0.162 e. The number of rotatable bonds is 1. The predicted molar refractivity (Wildman–Crippen MR) is 63.6 cm³/mol. The highest BCUT2D eigenvalue weighted by Crippen LogP contribution is 2.25. The molecule has 0 bridgehead atoms. The van der Waals surface area contributed by atoms with E-state index in [4.69, 9.17) is 4.84 Å². The van der Waals surface area contributed by atoms with Gasteiger partial charge in [-0.15, -0.1) is 0 Å². The summed E-state index contributed by atoms with van der Waals surface area (Å²) >= 11 is 0. The summed E-state index contributed by atoms with van der Waals surface area (Å²) in [5.74, 6) is 2.00. The third-order valence-corrected chi connectivity index (χ3v) is 3.17. The summed E-state index contributed by atoms with van der Waals surface area (Å²) in [6, 6.07) is 8.09. The molecule has 1 saturated heterocycles. The number of hydrogen-bond acceptors (Lipinski definition) is 3. The van der Waals surface area contributed by atoms with Crippen LogP contribution in [0.15, 0.2) is 30.1 Å². The van der Waals surface area contributed by atoms with Crippen LogP contribution >= 0.6 is 0 Å². The Hall–Kier alpha value is -1.64. The molecule has 0 spiro atoms. The van der Waals surface area contributed by atoms with Gasteiger partial charge in [-0.05, 0) is 31.4 Å². The molecule has 0 unspecified atom stereocenters. The van der Waals surface area contributed by atoms with Gasteiger partial charge in [0.15, 0.2) is 5.75 Å². The lowest BCUT2D eigenvalue weighted by Gasteiger charge is -2.32. The van der Waals surface area contributed by atoms with Crippen LogP contribution in [0, 0.1) is 0 Å². The number of nitrogens with one attached hydrogen (secondary N) is 1. The van der Waals surface area contributed by atoms with Crippen LogP contribution in [0.2, 0.25) is 0 Å². The molecule has 0 amide bonds. The molecule has 1 N–H and O–H groups in total. The summed E-state index contributed by atoms with van der Waals surface area (Å²) in [7, 11) is 0. The van der Waals surface area contributed by atoms with E-state index in [0.29, 0.717) is 0 Å². The minimum Gasteiger partial charge on any atom is -0.380 e. The van der Waals surface area contributed by atoms with Crippen molar-refractivity contribution in [3.63, 3.8) is 0 Å². The van der Waals surface area contributed by atoms with Crippen LogP contribution in [0.25, 0.3) is 6.08 Å². The Balaban J connectivity index is 1.85. The number of para-hydroxylation sites is 1. The van der Waals surface area contributed by atoms with Crippen LogP contribution in [0.3, 0.4) is 0 Å². The van der Waals surface area contributed by atoms with Gasteiger partial charge in [0, 0.05) is 18.7 Å². The third kappa shape index (κ3) is 1.73. The lowest BCUT2D eigenvalue weighted by molar-refractivity contribution is 0.157. The fraction of sp³-hybridized carbons (Fsp3) is 0.385. The van der Waals surface area contributed by atoms with Crippen LogP contribution in [-0.2, 0) is 0 Å². The average molecular weight is 216 g/mol. The molecule has 16 heavy (non-hydrogen) atoms. The van der Waals surface area contributed by atoms with Crippen molar-refractivity contribution in [2.75, 3.05) is 13.1 Å². The van der Waals surface area contributed by atoms with Crippen molar-refractivity contribution in [1.29, 1.82) is 0 Å². The van der Waals surface area contributed by atoms with E-state index >= 15 is 0 Å². The van der Waals surface area contributed by atoms with Crippen molar-refractivity contribution in [3.05, 3.63) is 35.6 Å². The second-order valence-corrected chi connectivity index (χ2v) is 4.32. The van der Waals surface area contributed by atoms with Crippen LogP contribution in [0.1, 0.15) is 24.8 Å². The Kier molecular flexibility index (Phi) is 2.44. The molecule has 0 aromatic heterocycles. The minimum absolute atomic E-state index is 0.906. The van der Waals surface area contributed by atoms with Crippen molar-refractivity contribution >= 4 is 6.08 Å². The zero-order chi connectivity index (χ0) is 10.8. The first-order valence-electron chi connectivity index (χ1n) is 5.92. The topological polar surface area (TPSA) is 24.5 Å². The average Bonchev–Trinajstić information content (AvgIpc) is 2.39. The van der Waals surface area contributed by atoms with Gasteiger partial charge in [-0.3, -0.25) is 0 Å². The summed E-state index contributed by atoms with van der Waals surface area (Å²) in [5, 5.41) is 0. The second-order valence-electron chi connectivity index (χ2n) is 4.32. The van der Waals surface area contributed by atoms with Gasteiger partial charge in [0.2, 0.25) is 0 Å². The molecule has 84 valence electrons. The van der Waals surface area contributed by atoms with E-state index in [9.17, 15) is 0 Å². The predicted octanol–water partition coefficient (Wildman–Crippen LogP) is 2.37. The maximum atomic E-state index is 5.53. The van der Waals surface area contributed by atoms with E-state index < -0.39 is 0 Å². The molecule has 0 aliphatic carbocycles. The summed E-state index contributed by atoms with van der Waals surface area (Å²) in [6.07, 6.45) is 6.08. The van der Waals surface area contributed by atoms with Crippen LogP contribution < -0.4 is 10.3 Å². The molecule has 3 nitrogen and oxygen atoms in total. The molecule has 1 aromatic carbocycles. The van der Waals surface area contributed by atoms with Gasteiger partial charge in [-0.25, -0.2) is 5.48 Å². The smallest absolute Gasteiger partial charge is 0.162 e. The summed E-state index contributed by atoms with van der Waals surface area (Å²) in [4.78, 5) is 7.89. The Bertz CT molecular complexity index is 408. The lowest BCUT2D eigenvalue weighted by atomic mass is 10.1. The standard InChI is InChI=1S/C13H16N2O/c1-4-8-15(9-5-1)13-10-11-6-2-3-7-12(11)16-14-13/h2-3,6-7,10,14H,1,4-5,8-9H2. The highest BCUT2D eigenvalue weighted by atomic mass is 16.6.